The molecule has 2 aromatic rings. The molecular formula is C13H12N2O4. The molecule has 6 nitrogen and oxygen atoms in total. The van der Waals surface area contributed by atoms with Crippen LogP contribution in [-0.4, -0.2) is 17.3 Å². The third-order valence-electron chi connectivity index (χ3n) is 2.37. The first-order valence-corrected chi connectivity index (χ1v) is 5.48. The third-order valence-corrected chi connectivity index (χ3v) is 2.37. The van der Waals surface area contributed by atoms with Gasteiger partial charge in [-0.15, -0.1) is 0 Å². The van der Waals surface area contributed by atoms with Gasteiger partial charge in [0.15, 0.2) is 0 Å². The van der Waals surface area contributed by atoms with Crippen LogP contribution in [0.5, 0.6) is 5.75 Å². The molecule has 0 saturated carbocycles. The van der Waals surface area contributed by atoms with Crippen LogP contribution in [0.2, 0.25) is 0 Å². The first-order chi connectivity index (χ1) is 9.20. The van der Waals surface area contributed by atoms with Crippen LogP contribution >= 0.6 is 0 Å². The van der Waals surface area contributed by atoms with Gasteiger partial charge in [0.2, 0.25) is 5.76 Å². The molecular weight excluding hydrogens is 248 g/mol. The Labute approximate surface area is 109 Å². The number of hydrazone groups is 1. The van der Waals surface area contributed by atoms with Crippen LogP contribution in [0.15, 0.2) is 45.9 Å². The molecule has 98 valence electrons. The number of nitrogens with two attached hydrogens (primary N) is 1. The number of ether oxygens (including phenoxy) is 1. The van der Waals surface area contributed by atoms with Crippen molar-refractivity contribution in [1.82, 2.24) is 0 Å². The van der Waals surface area contributed by atoms with Crippen LogP contribution in [0.1, 0.15) is 21.9 Å². The van der Waals surface area contributed by atoms with E-state index in [1.54, 1.807) is 18.2 Å². The minimum absolute atomic E-state index is 0.115. The van der Waals surface area contributed by atoms with E-state index in [1.165, 1.54) is 12.3 Å². The van der Waals surface area contributed by atoms with E-state index in [0.29, 0.717) is 11.5 Å². The summed E-state index contributed by atoms with van der Waals surface area (Å²) in [4.78, 5) is 10.7. The number of hydrogen-bond donors (Lipinski definition) is 2. The second-order valence-electron chi connectivity index (χ2n) is 3.68. The molecule has 0 spiro atoms. The molecule has 0 amide bonds. The van der Waals surface area contributed by atoms with Gasteiger partial charge < -0.3 is 20.1 Å². The fourth-order valence-electron chi connectivity index (χ4n) is 1.52. The molecule has 0 aliphatic rings. The number of carboxylic acids is 1. The number of furan rings is 1. The van der Waals surface area contributed by atoms with Gasteiger partial charge in [0.1, 0.15) is 18.1 Å². The Morgan fingerprint density at radius 1 is 1.37 bits per heavy atom. The molecule has 2 rings (SSSR count). The Hall–Kier alpha value is -2.76. The summed E-state index contributed by atoms with van der Waals surface area (Å²) < 4.78 is 10.6. The topological polar surface area (TPSA) is 98.1 Å². The zero-order valence-corrected chi connectivity index (χ0v) is 9.95. The highest BCUT2D eigenvalue weighted by Gasteiger charge is 2.09. The second kappa shape index (κ2) is 5.72. The lowest BCUT2D eigenvalue weighted by Crippen LogP contribution is -1.98. The summed E-state index contributed by atoms with van der Waals surface area (Å²) in [5.41, 5.74) is 0.731. The Morgan fingerprint density at radius 3 is 2.84 bits per heavy atom. The summed E-state index contributed by atoms with van der Waals surface area (Å²) in [7, 11) is 0. The number of aromatic carboxylic acids is 1. The minimum atomic E-state index is -1.11. The van der Waals surface area contributed by atoms with Crippen molar-refractivity contribution in [2.75, 3.05) is 0 Å². The van der Waals surface area contributed by atoms with E-state index in [-0.39, 0.29) is 12.4 Å². The van der Waals surface area contributed by atoms with Crippen molar-refractivity contribution < 1.29 is 19.1 Å². The number of para-hydroxylation sites is 1. The molecule has 3 N–H and O–H groups in total. The predicted octanol–water partition coefficient (Wildman–Crippen LogP) is 1.85. The van der Waals surface area contributed by atoms with Crippen LogP contribution in [0.4, 0.5) is 0 Å². The quantitative estimate of drug-likeness (QED) is 0.485. The van der Waals surface area contributed by atoms with Gasteiger partial charge in [-0.05, 0) is 24.3 Å². The van der Waals surface area contributed by atoms with Gasteiger partial charge in [-0.1, -0.05) is 12.1 Å². The Balaban J connectivity index is 2.07. The lowest BCUT2D eigenvalue weighted by atomic mass is 10.2. The van der Waals surface area contributed by atoms with Gasteiger partial charge in [0, 0.05) is 5.56 Å². The van der Waals surface area contributed by atoms with Crippen LogP contribution in [0.25, 0.3) is 0 Å². The highest BCUT2D eigenvalue weighted by molar-refractivity contribution is 5.84. The molecule has 0 aliphatic carbocycles. The fourth-order valence-corrected chi connectivity index (χ4v) is 1.52. The van der Waals surface area contributed by atoms with E-state index in [0.717, 1.165) is 5.56 Å². The fraction of sp³-hybridized carbons (Fsp3) is 0.0769. The summed E-state index contributed by atoms with van der Waals surface area (Å²) in [5, 5.41) is 12.2. The SMILES string of the molecule is NN=Cc1ccccc1OCc1ccc(C(=O)O)o1. The van der Waals surface area contributed by atoms with E-state index in [1.807, 2.05) is 12.1 Å². The van der Waals surface area contributed by atoms with Crippen LogP contribution in [0, 0.1) is 0 Å². The summed E-state index contributed by atoms with van der Waals surface area (Å²) in [6.07, 6.45) is 1.47. The molecule has 6 heteroatoms. The van der Waals surface area contributed by atoms with E-state index in [2.05, 4.69) is 5.10 Å². The molecule has 1 heterocycles. The average molecular weight is 260 g/mol. The number of benzene rings is 1. The number of hydrogen-bond acceptors (Lipinski definition) is 5. The highest BCUT2D eigenvalue weighted by atomic mass is 16.5. The zero-order chi connectivity index (χ0) is 13.7. The normalized spacial score (nSPS) is 10.7. The van der Waals surface area contributed by atoms with Crippen molar-refractivity contribution in [3.8, 4) is 5.75 Å². The number of carbonyl (C=O) groups is 1. The zero-order valence-electron chi connectivity index (χ0n) is 9.95. The average Bonchev–Trinajstić information content (AvgIpc) is 2.87. The van der Waals surface area contributed by atoms with Gasteiger partial charge >= 0.3 is 5.97 Å². The van der Waals surface area contributed by atoms with Crippen molar-refractivity contribution in [3.63, 3.8) is 0 Å². The molecule has 0 unspecified atom stereocenters. The molecule has 0 saturated heterocycles. The van der Waals surface area contributed by atoms with E-state index in [9.17, 15) is 4.79 Å². The molecule has 19 heavy (non-hydrogen) atoms. The first kappa shape index (κ1) is 12.7. The Morgan fingerprint density at radius 2 is 2.16 bits per heavy atom. The number of carboxylic acid groups (broad SMARTS) is 1. The van der Waals surface area contributed by atoms with Crippen LogP contribution in [-0.2, 0) is 6.61 Å². The van der Waals surface area contributed by atoms with Crippen molar-refractivity contribution in [2.24, 2.45) is 10.9 Å². The lowest BCUT2D eigenvalue weighted by molar-refractivity contribution is 0.0658. The molecule has 0 atom stereocenters. The summed E-state index contributed by atoms with van der Waals surface area (Å²) >= 11 is 0. The smallest absolute Gasteiger partial charge is 0.371 e. The van der Waals surface area contributed by atoms with Crippen molar-refractivity contribution in [1.29, 1.82) is 0 Å². The first-order valence-electron chi connectivity index (χ1n) is 5.48. The van der Waals surface area contributed by atoms with Crippen molar-refractivity contribution >= 4 is 12.2 Å². The van der Waals surface area contributed by atoms with Crippen molar-refractivity contribution in [3.05, 3.63) is 53.5 Å². The molecule has 0 aliphatic heterocycles. The monoisotopic (exact) mass is 260 g/mol. The molecule has 1 aromatic heterocycles. The van der Waals surface area contributed by atoms with Crippen LogP contribution in [0.3, 0.4) is 0 Å². The number of rotatable bonds is 5. The minimum Gasteiger partial charge on any atom is -0.485 e. The molecule has 0 bridgehead atoms. The Kier molecular flexibility index (Phi) is 3.82. The molecule has 0 radical (unpaired) electrons. The van der Waals surface area contributed by atoms with Gasteiger partial charge in [0.05, 0.1) is 6.21 Å². The molecule has 0 fully saturated rings. The second-order valence-corrected chi connectivity index (χ2v) is 3.68. The van der Waals surface area contributed by atoms with E-state index in [4.69, 9.17) is 20.1 Å². The summed E-state index contributed by atoms with van der Waals surface area (Å²) in [6, 6.07) is 10.2. The van der Waals surface area contributed by atoms with Gasteiger partial charge in [-0.2, -0.15) is 5.10 Å². The largest absolute Gasteiger partial charge is 0.485 e. The summed E-state index contributed by atoms with van der Waals surface area (Å²) in [5.74, 6) is 4.89. The maximum Gasteiger partial charge on any atom is 0.371 e. The predicted molar refractivity (Wildman–Crippen MR) is 68.2 cm³/mol. The van der Waals surface area contributed by atoms with Gasteiger partial charge in [0.25, 0.3) is 0 Å². The highest BCUT2D eigenvalue weighted by Crippen LogP contribution is 2.18. The Bertz CT molecular complexity index is 604. The van der Waals surface area contributed by atoms with Gasteiger partial charge in [-0.25, -0.2) is 4.79 Å². The van der Waals surface area contributed by atoms with Crippen molar-refractivity contribution in [2.45, 2.75) is 6.61 Å². The number of nitrogens with zero attached hydrogens (tertiary/aromatic N) is 1. The van der Waals surface area contributed by atoms with E-state index < -0.39 is 5.97 Å². The standard InChI is InChI=1S/C13H12N2O4/c14-15-7-9-3-1-2-4-11(9)18-8-10-5-6-12(19-10)13(16)17/h1-7H,8,14H2,(H,16,17). The maximum absolute atomic E-state index is 10.7. The summed E-state index contributed by atoms with van der Waals surface area (Å²) in [6.45, 7) is 0.128. The molecule has 1 aromatic carbocycles. The van der Waals surface area contributed by atoms with Crippen LogP contribution < -0.4 is 10.6 Å². The lowest BCUT2D eigenvalue weighted by Gasteiger charge is -2.06. The van der Waals surface area contributed by atoms with Gasteiger partial charge in [-0.3, -0.25) is 0 Å². The van der Waals surface area contributed by atoms with E-state index >= 15 is 0 Å². The third kappa shape index (κ3) is 3.12. The maximum atomic E-state index is 10.7.